The van der Waals surface area contributed by atoms with Crippen molar-refractivity contribution in [2.75, 3.05) is 6.61 Å². The summed E-state index contributed by atoms with van der Waals surface area (Å²) < 4.78 is 0. The zero-order valence-corrected chi connectivity index (χ0v) is 9.80. The molecule has 0 bridgehead atoms. The van der Waals surface area contributed by atoms with Crippen LogP contribution >= 0.6 is 11.8 Å². The molecule has 1 aromatic carbocycles. The second-order valence-electron chi connectivity index (χ2n) is 4.14. The molecular formula is C13H18OS. The molecule has 1 fully saturated rings. The Kier molecular flexibility index (Phi) is 4.09. The van der Waals surface area contributed by atoms with E-state index in [-0.39, 0.29) is 6.61 Å². The lowest BCUT2D eigenvalue weighted by atomic mass is 10.2. The monoisotopic (exact) mass is 222 g/mol. The van der Waals surface area contributed by atoms with Gasteiger partial charge < -0.3 is 5.11 Å². The SMILES string of the molecule is OCCc1ccc(SC2CCCC2)cc1. The second-order valence-corrected chi connectivity index (χ2v) is 5.52. The van der Waals surface area contributed by atoms with E-state index in [0.717, 1.165) is 11.7 Å². The van der Waals surface area contributed by atoms with Gasteiger partial charge in [0.15, 0.2) is 0 Å². The summed E-state index contributed by atoms with van der Waals surface area (Å²) in [5.41, 5.74) is 1.23. The summed E-state index contributed by atoms with van der Waals surface area (Å²) in [6, 6.07) is 8.64. The fraction of sp³-hybridized carbons (Fsp3) is 0.538. The Morgan fingerprint density at radius 3 is 2.40 bits per heavy atom. The standard InChI is InChI=1S/C13H18OS/c14-10-9-11-5-7-13(8-6-11)15-12-3-1-2-4-12/h5-8,12,14H,1-4,9-10H2. The van der Waals surface area contributed by atoms with Crippen LogP contribution in [0.1, 0.15) is 31.2 Å². The molecule has 0 spiro atoms. The molecule has 0 unspecified atom stereocenters. The molecule has 0 amide bonds. The molecular weight excluding hydrogens is 204 g/mol. The average molecular weight is 222 g/mol. The topological polar surface area (TPSA) is 20.2 Å². The minimum Gasteiger partial charge on any atom is -0.396 e. The molecule has 1 aliphatic rings. The Labute approximate surface area is 95.9 Å². The summed E-state index contributed by atoms with van der Waals surface area (Å²) >= 11 is 2.02. The number of aliphatic hydroxyl groups is 1. The smallest absolute Gasteiger partial charge is 0.0471 e. The van der Waals surface area contributed by atoms with E-state index in [2.05, 4.69) is 24.3 Å². The third-order valence-corrected chi connectivity index (χ3v) is 4.28. The van der Waals surface area contributed by atoms with Crippen molar-refractivity contribution in [1.29, 1.82) is 0 Å². The fourth-order valence-electron chi connectivity index (χ4n) is 2.06. The van der Waals surface area contributed by atoms with E-state index in [1.54, 1.807) is 0 Å². The van der Waals surface area contributed by atoms with Gasteiger partial charge in [-0.25, -0.2) is 0 Å². The van der Waals surface area contributed by atoms with Gasteiger partial charge in [-0.3, -0.25) is 0 Å². The van der Waals surface area contributed by atoms with Crippen LogP contribution in [0.3, 0.4) is 0 Å². The molecule has 15 heavy (non-hydrogen) atoms. The summed E-state index contributed by atoms with van der Waals surface area (Å²) in [4.78, 5) is 1.38. The van der Waals surface area contributed by atoms with Crippen LogP contribution in [0.25, 0.3) is 0 Å². The molecule has 0 aromatic heterocycles. The Morgan fingerprint density at radius 1 is 1.13 bits per heavy atom. The molecule has 1 aromatic rings. The van der Waals surface area contributed by atoms with Gasteiger partial charge in [-0.1, -0.05) is 25.0 Å². The predicted molar refractivity (Wildman–Crippen MR) is 65.3 cm³/mol. The third kappa shape index (κ3) is 3.25. The Bertz CT molecular complexity index is 288. The molecule has 82 valence electrons. The van der Waals surface area contributed by atoms with Crippen LogP contribution in [0, 0.1) is 0 Å². The molecule has 1 nitrogen and oxygen atoms in total. The van der Waals surface area contributed by atoms with Crippen molar-refractivity contribution in [3.8, 4) is 0 Å². The van der Waals surface area contributed by atoms with Gasteiger partial charge >= 0.3 is 0 Å². The number of hydrogen-bond acceptors (Lipinski definition) is 2. The summed E-state index contributed by atoms with van der Waals surface area (Å²) in [5, 5.41) is 9.65. The highest BCUT2D eigenvalue weighted by Crippen LogP contribution is 2.34. The van der Waals surface area contributed by atoms with E-state index in [0.29, 0.717) is 0 Å². The molecule has 1 saturated carbocycles. The van der Waals surface area contributed by atoms with Crippen molar-refractivity contribution in [3.05, 3.63) is 29.8 Å². The van der Waals surface area contributed by atoms with Crippen LogP contribution < -0.4 is 0 Å². The number of rotatable bonds is 4. The van der Waals surface area contributed by atoms with Crippen molar-refractivity contribution in [2.24, 2.45) is 0 Å². The van der Waals surface area contributed by atoms with Crippen LogP contribution in [0.5, 0.6) is 0 Å². The number of aliphatic hydroxyl groups excluding tert-OH is 1. The van der Waals surface area contributed by atoms with Gasteiger partial charge in [0.1, 0.15) is 0 Å². The van der Waals surface area contributed by atoms with E-state index in [1.165, 1.54) is 36.1 Å². The van der Waals surface area contributed by atoms with Gasteiger partial charge in [0.25, 0.3) is 0 Å². The summed E-state index contributed by atoms with van der Waals surface area (Å²) in [5.74, 6) is 0. The molecule has 1 N–H and O–H groups in total. The Balaban J connectivity index is 1.91. The Morgan fingerprint density at radius 2 is 1.80 bits per heavy atom. The minimum absolute atomic E-state index is 0.245. The van der Waals surface area contributed by atoms with Gasteiger partial charge in [0, 0.05) is 16.8 Å². The van der Waals surface area contributed by atoms with Crippen LogP contribution in [0.2, 0.25) is 0 Å². The minimum atomic E-state index is 0.245. The number of thioether (sulfide) groups is 1. The third-order valence-electron chi connectivity index (χ3n) is 2.93. The lowest BCUT2D eigenvalue weighted by molar-refractivity contribution is 0.299. The quantitative estimate of drug-likeness (QED) is 0.844. The number of benzene rings is 1. The lowest BCUT2D eigenvalue weighted by Crippen LogP contribution is -1.94. The molecule has 1 aliphatic carbocycles. The molecule has 0 heterocycles. The van der Waals surface area contributed by atoms with Gasteiger partial charge in [-0.05, 0) is 37.0 Å². The first kappa shape index (κ1) is 11.0. The predicted octanol–water partition coefficient (Wildman–Crippen LogP) is 3.26. The van der Waals surface area contributed by atoms with Crippen molar-refractivity contribution in [3.63, 3.8) is 0 Å². The van der Waals surface area contributed by atoms with E-state index in [1.807, 2.05) is 11.8 Å². The zero-order chi connectivity index (χ0) is 10.5. The van der Waals surface area contributed by atoms with Crippen molar-refractivity contribution >= 4 is 11.8 Å². The first-order chi connectivity index (χ1) is 7.38. The highest BCUT2D eigenvalue weighted by molar-refractivity contribution is 8.00. The zero-order valence-electron chi connectivity index (χ0n) is 8.98. The van der Waals surface area contributed by atoms with E-state index in [9.17, 15) is 0 Å². The highest BCUT2D eigenvalue weighted by atomic mass is 32.2. The lowest BCUT2D eigenvalue weighted by Gasteiger charge is -2.08. The van der Waals surface area contributed by atoms with Crippen molar-refractivity contribution in [1.82, 2.24) is 0 Å². The van der Waals surface area contributed by atoms with Crippen molar-refractivity contribution < 1.29 is 5.11 Å². The number of hydrogen-bond donors (Lipinski definition) is 1. The maximum Gasteiger partial charge on any atom is 0.0471 e. The van der Waals surface area contributed by atoms with Gasteiger partial charge in [0.05, 0.1) is 0 Å². The van der Waals surface area contributed by atoms with Gasteiger partial charge in [-0.2, -0.15) is 0 Å². The first-order valence-corrected chi connectivity index (χ1v) is 6.63. The molecule has 2 rings (SSSR count). The highest BCUT2D eigenvalue weighted by Gasteiger charge is 2.15. The Hall–Kier alpha value is -0.470. The second kappa shape index (κ2) is 5.57. The first-order valence-electron chi connectivity index (χ1n) is 5.75. The molecule has 0 saturated heterocycles. The van der Waals surface area contributed by atoms with Crippen LogP contribution in [0.15, 0.2) is 29.2 Å². The molecule has 0 atom stereocenters. The largest absolute Gasteiger partial charge is 0.396 e. The van der Waals surface area contributed by atoms with Gasteiger partial charge in [-0.15, -0.1) is 11.8 Å². The summed E-state index contributed by atoms with van der Waals surface area (Å²) in [6.45, 7) is 0.245. The average Bonchev–Trinajstić information content (AvgIpc) is 2.74. The van der Waals surface area contributed by atoms with Crippen molar-refractivity contribution in [2.45, 2.75) is 42.2 Å². The van der Waals surface area contributed by atoms with Crippen LogP contribution in [0.4, 0.5) is 0 Å². The maximum absolute atomic E-state index is 8.81. The maximum atomic E-state index is 8.81. The van der Waals surface area contributed by atoms with Crippen LogP contribution in [-0.4, -0.2) is 17.0 Å². The summed E-state index contributed by atoms with van der Waals surface area (Å²) in [7, 11) is 0. The summed E-state index contributed by atoms with van der Waals surface area (Å²) in [6.07, 6.45) is 6.33. The van der Waals surface area contributed by atoms with E-state index < -0.39 is 0 Å². The van der Waals surface area contributed by atoms with E-state index >= 15 is 0 Å². The molecule has 0 radical (unpaired) electrons. The van der Waals surface area contributed by atoms with Gasteiger partial charge in [0.2, 0.25) is 0 Å². The normalized spacial score (nSPS) is 17.1. The van der Waals surface area contributed by atoms with E-state index in [4.69, 9.17) is 5.11 Å². The molecule has 2 heteroatoms. The van der Waals surface area contributed by atoms with Crippen LogP contribution in [-0.2, 0) is 6.42 Å². The molecule has 0 aliphatic heterocycles. The fourth-order valence-corrected chi connectivity index (χ4v) is 3.31.